The van der Waals surface area contributed by atoms with Crippen LogP contribution in [-0.2, 0) is 0 Å². The van der Waals surface area contributed by atoms with Crippen LogP contribution in [0.15, 0.2) is 36.4 Å². The molecule has 0 heterocycles. The van der Waals surface area contributed by atoms with Crippen LogP contribution in [0, 0.1) is 0 Å². The molecular formula is C15H22O2. The zero-order valence-corrected chi connectivity index (χ0v) is 11.0. The lowest BCUT2D eigenvalue weighted by molar-refractivity contribution is 0.239. The van der Waals surface area contributed by atoms with Gasteiger partial charge in [-0.3, -0.25) is 0 Å². The summed E-state index contributed by atoms with van der Waals surface area (Å²) >= 11 is 0. The summed E-state index contributed by atoms with van der Waals surface area (Å²) in [5.41, 5.74) is 0. The van der Waals surface area contributed by atoms with Crippen LogP contribution in [0.4, 0.5) is 0 Å². The van der Waals surface area contributed by atoms with Gasteiger partial charge in [-0.2, -0.15) is 0 Å². The minimum absolute atomic E-state index is 0.0657. The zero-order chi connectivity index (χ0) is 12.5. The fraction of sp³-hybridized carbons (Fsp3) is 0.467. The van der Waals surface area contributed by atoms with E-state index in [1.807, 2.05) is 50.3 Å². The number of unbranched alkanes of at least 4 members (excludes halogenated alkanes) is 1. The molecular weight excluding hydrogens is 212 g/mol. The van der Waals surface area contributed by atoms with Crippen LogP contribution in [0.1, 0.15) is 33.6 Å². The van der Waals surface area contributed by atoms with Gasteiger partial charge in [-0.1, -0.05) is 31.6 Å². The van der Waals surface area contributed by atoms with Gasteiger partial charge in [0.25, 0.3) is 0 Å². The largest absolute Gasteiger partial charge is 0.490 e. The van der Waals surface area contributed by atoms with Crippen LogP contribution < -0.4 is 9.47 Å². The molecule has 1 unspecified atom stereocenters. The number of rotatable bonds is 7. The summed E-state index contributed by atoms with van der Waals surface area (Å²) in [5, 5.41) is 0. The number of hydrogen-bond acceptors (Lipinski definition) is 2. The second kappa shape index (κ2) is 7.77. The van der Waals surface area contributed by atoms with Crippen molar-refractivity contribution in [2.24, 2.45) is 0 Å². The minimum atomic E-state index is 0.0657. The molecule has 1 atom stereocenters. The highest BCUT2D eigenvalue weighted by molar-refractivity contribution is 5.39. The van der Waals surface area contributed by atoms with E-state index in [0.29, 0.717) is 0 Å². The second-order valence-electron chi connectivity index (χ2n) is 4.00. The van der Waals surface area contributed by atoms with Crippen LogP contribution >= 0.6 is 0 Å². The van der Waals surface area contributed by atoms with E-state index in [2.05, 4.69) is 6.92 Å². The molecule has 2 nitrogen and oxygen atoms in total. The molecule has 94 valence electrons. The number of benzene rings is 1. The topological polar surface area (TPSA) is 18.5 Å². The van der Waals surface area contributed by atoms with Gasteiger partial charge >= 0.3 is 0 Å². The third-order valence-electron chi connectivity index (χ3n) is 2.38. The molecule has 0 aliphatic rings. The second-order valence-corrected chi connectivity index (χ2v) is 4.00. The Hall–Kier alpha value is -1.44. The summed E-state index contributed by atoms with van der Waals surface area (Å²) in [6, 6.07) is 7.83. The summed E-state index contributed by atoms with van der Waals surface area (Å²) in [6.45, 7) is 6.90. The first-order valence-electron chi connectivity index (χ1n) is 6.29. The van der Waals surface area contributed by atoms with Crippen LogP contribution in [-0.4, -0.2) is 12.7 Å². The van der Waals surface area contributed by atoms with Crippen molar-refractivity contribution in [1.29, 1.82) is 0 Å². The lowest BCUT2D eigenvalue weighted by Gasteiger charge is -2.15. The maximum atomic E-state index is 5.80. The van der Waals surface area contributed by atoms with Crippen molar-refractivity contribution < 1.29 is 9.47 Å². The molecule has 1 rings (SSSR count). The van der Waals surface area contributed by atoms with E-state index >= 15 is 0 Å². The van der Waals surface area contributed by atoms with Crippen LogP contribution in [0.2, 0.25) is 0 Å². The highest BCUT2D eigenvalue weighted by atomic mass is 16.5. The highest BCUT2D eigenvalue weighted by Gasteiger charge is 2.06. The van der Waals surface area contributed by atoms with Crippen molar-refractivity contribution in [2.45, 2.75) is 39.7 Å². The molecule has 17 heavy (non-hydrogen) atoms. The van der Waals surface area contributed by atoms with Crippen LogP contribution in [0.3, 0.4) is 0 Å². The molecule has 0 bridgehead atoms. The van der Waals surface area contributed by atoms with Gasteiger partial charge in [0.15, 0.2) is 11.5 Å². The summed E-state index contributed by atoms with van der Waals surface area (Å²) in [6.07, 6.45) is 6.28. The first kappa shape index (κ1) is 13.6. The molecule has 1 aromatic carbocycles. The van der Waals surface area contributed by atoms with E-state index in [4.69, 9.17) is 9.47 Å². The van der Waals surface area contributed by atoms with Crippen molar-refractivity contribution in [3.05, 3.63) is 36.4 Å². The summed E-state index contributed by atoms with van der Waals surface area (Å²) in [4.78, 5) is 0. The summed E-state index contributed by atoms with van der Waals surface area (Å²) in [7, 11) is 0. The molecule has 0 amide bonds. The average Bonchev–Trinajstić information content (AvgIpc) is 2.32. The first-order valence-corrected chi connectivity index (χ1v) is 6.29. The van der Waals surface area contributed by atoms with E-state index in [0.717, 1.165) is 30.9 Å². The molecule has 0 aliphatic carbocycles. The average molecular weight is 234 g/mol. The molecule has 0 saturated carbocycles. The van der Waals surface area contributed by atoms with Gasteiger partial charge in [0.05, 0.1) is 6.61 Å². The molecule has 0 radical (unpaired) electrons. The van der Waals surface area contributed by atoms with Crippen molar-refractivity contribution in [2.75, 3.05) is 6.61 Å². The SMILES string of the molecule is C/C=C/C(C)Oc1ccccc1OCCCC. The molecule has 0 aromatic heterocycles. The number of hydrogen-bond donors (Lipinski definition) is 0. The monoisotopic (exact) mass is 234 g/mol. The van der Waals surface area contributed by atoms with Gasteiger partial charge in [0, 0.05) is 0 Å². The quantitative estimate of drug-likeness (QED) is 0.520. The minimum Gasteiger partial charge on any atom is -0.490 e. The van der Waals surface area contributed by atoms with Gasteiger partial charge in [-0.15, -0.1) is 0 Å². The van der Waals surface area contributed by atoms with Crippen molar-refractivity contribution >= 4 is 0 Å². The standard InChI is InChI=1S/C15H22O2/c1-4-6-12-16-14-10-7-8-11-15(14)17-13(3)9-5-2/h5,7-11,13H,4,6,12H2,1-3H3/b9-5+. The molecule has 0 N–H and O–H groups in total. The van der Waals surface area contributed by atoms with Crippen molar-refractivity contribution in [3.63, 3.8) is 0 Å². The van der Waals surface area contributed by atoms with Crippen LogP contribution in [0.5, 0.6) is 11.5 Å². The smallest absolute Gasteiger partial charge is 0.162 e. The zero-order valence-electron chi connectivity index (χ0n) is 11.0. The Kier molecular flexibility index (Phi) is 6.23. The Morgan fingerprint density at radius 1 is 1.24 bits per heavy atom. The summed E-state index contributed by atoms with van der Waals surface area (Å²) in [5.74, 6) is 1.64. The normalized spacial score (nSPS) is 12.6. The maximum absolute atomic E-state index is 5.80. The van der Waals surface area contributed by atoms with Crippen molar-refractivity contribution in [3.8, 4) is 11.5 Å². The highest BCUT2D eigenvalue weighted by Crippen LogP contribution is 2.27. The van der Waals surface area contributed by atoms with Crippen LogP contribution in [0.25, 0.3) is 0 Å². The fourth-order valence-corrected chi connectivity index (χ4v) is 1.50. The molecule has 1 aromatic rings. The van der Waals surface area contributed by atoms with Gasteiger partial charge in [-0.05, 0) is 38.5 Å². The van der Waals surface area contributed by atoms with Gasteiger partial charge in [0.2, 0.25) is 0 Å². The molecule has 2 heteroatoms. The Bertz CT molecular complexity index is 345. The van der Waals surface area contributed by atoms with E-state index < -0.39 is 0 Å². The number of para-hydroxylation sites is 2. The Balaban J connectivity index is 2.63. The van der Waals surface area contributed by atoms with Gasteiger partial charge in [0.1, 0.15) is 6.10 Å². The number of allylic oxidation sites excluding steroid dienone is 1. The number of ether oxygens (including phenoxy) is 2. The maximum Gasteiger partial charge on any atom is 0.162 e. The first-order chi connectivity index (χ1) is 8.27. The molecule has 0 fully saturated rings. The third kappa shape index (κ3) is 4.94. The Morgan fingerprint density at radius 3 is 2.59 bits per heavy atom. The lowest BCUT2D eigenvalue weighted by atomic mass is 10.3. The molecule has 0 saturated heterocycles. The lowest BCUT2D eigenvalue weighted by Crippen LogP contribution is -2.09. The third-order valence-corrected chi connectivity index (χ3v) is 2.38. The van der Waals surface area contributed by atoms with E-state index in [9.17, 15) is 0 Å². The fourth-order valence-electron chi connectivity index (χ4n) is 1.50. The van der Waals surface area contributed by atoms with Gasteiger partial charge < -0.3 is 9.47 Å². The molecule has 0 spiro atoms. The van der Waals surface area contributed by atoms with Crippen molar-refractivity contribution in [1.82, 2.24) is 0 Å². The van der Waals surface area contributed by atoms with Gasteiger partial charge in [-0.25, -0.2) is 0 Å². The summed E-state index contributed by atoms with van der Waals surface area (Å²) < 4.78 is 11.5. The predicted molar refractivity (Wildman–Crippen MR) is 71.7 cm³/mol. The Labute approximate surface area is 104 Å². The molecule has 0 aliphatic heterocycles. The predicted octanol–water partition coefficient (Wildman–Crippen LogP) is 4.21. The van der Waals surface area contributed by atoms with E-state index in [-0.39, 0.29) is 6.10 Å². The van der Waals surface area contributed by atoms with E-state index in [1.54, 1.807) is 0 Å². The Morgan fingerprint density at radius 2 is 1.94 bits per heavy atom. The van der Waals surface area contributed by atoms with E-state index in [1.165, 1.54) is 0 Å².